The second kappa shape index (κ2) is 8.17. The van der Waals surface area contributed by atoms with Crippen molar-refractivity contribution in [2.45, 2.75) is 18.9 Å². The molecule has 0 unspecified atom stereocenters. The Morgan fingerprint density at radius 3 is 2.61 bits per heavy atom. The number of ether oxygens (including phenoxy) is 2. The van der Waals surface area contributed by atoms with Crippen molar-refractivity contribution < 1.29 is 19.1 Å². The van der Waals surface area contributed by atoms with E-state index in [2.05, 4.69) is 5.32 Å². The largest absolute Gasteiger partial charge is 0.496 e. The number of likely N-dealkylation sites (tertiary alicyclic amines) is 1. The zero-order chi connectivity index (χ0) is 16.8. The lowest BCUT2D eigenvalue weighted by molar-refractivity contribution is -0.125. The number of piperidine rings is 1. The normalized spacial score (nSPS) is 15.3. The molecule has 0 aromatic heterocycles. The number of hydrogen-bond donors (Lipinski definition) is 1. The van der Waals surface area contributed by atoms with E-state index < -0.39 is 0 Å². The van der Waals surface area contributed by atoms with Crippen LogP contribution in [0, 0.1) is 0 Å². The minimum atomic E-state index is -0.131. The van der Waals surface area contributed by atoms with E-state index in [4.69, 9.17) is 21.1 Å². The first-order chi connectivity index (χ1) is 11.0. The third-order valence-corrected chi connectivity index (χ3v) is 4.05. The van der Waals surface area contributed by atoms with E-state index >= 15 is 0 Å². The number of carbonyl (C=O) groups is 2. The van der Waals surface area contributed by atoms with Gasteiger partial charge in [-0.3, -0.25) is 9.59 Å². The van der Waals surface area contributed by atoms with Gasteiger partial charge in [0.2, 0.25) is 5.91 Å². The Labute approximate surface area is 140 Å². The van der Waals surface area contributed by atoms with Crippen LogP contribution in [0.1, 0.15) is 23.2 Å². The predicted molar refractivity (Wildman–Crippen MR) is 86.9 cm³/mol. The second-order valence-corrected chi connectivity index (χ2v) is 5.85. The number of rotatable bonds is 5. The third kappa shape index (κ3) is 4.59. The Morgan fingerprint density at radius 2 is 2.00 bits per heavy atom. The summed E-state index contributed by atoms with van der Waals surface area (Å²) in [4.78, 5) is 25.9. The van der Waals surface area contributed by atoms with Gasteiger partial charge in [-0.05, 0) is 31.0 Å². The molecule has 1 N–H and O–H groups in total. The summed E-state index contributed by atoms with van der Waals surface area (Å²) < 4.78 is 10.0. The van der Waals surface area contributed by atoms with E-state index in [-0.39, 0.29) is 24.5 Å². The number of nitrogens with zero attached hydrogens (tertiary/aromatic N) is 1. The van der Waals surface area contributed by atoms with Gasteiger partial charge in [-0.25, -0.2) is 0 Å². The van der Waals surface area contributed by atoms with Crippen LogP contribution in [0.15, 0.2) is 18.2 Å². The SMILES string of the molecule is COCC(=O)NC1CCN(C(=O)c2cc(Cl)ccc2OC)CC1. The molecular weight excluding hydrogens is 320 g/mol. The zero-order valence-electron chi connectivity index (χ0n) is 13.3. The Hall–Kier alpha value is -1.79. The topological polar surface area (TPSA) is 67.9 Å². The molecule has 0 spiro atoms. The van der Waals surface area contributed by atoms with E-state index in [1.807, 2.05) is 0 Å². The van der Waals surface area contributed by atoms with Crippen molar-refractivity contribution in [3.8, 4) is 5.75 Å². The van der Waals surface area contributed by atoms with Crippen LogP contribution in [0.25, 0.3) is 0 Å². The Balaban J connectivity index is 1.96. The van der Waals surface area contributed by atoms with E-state index in [1.165, 1.54) is 14.2 Å². The van der Waals surface area contributed by atoms with Gasteiger partial charge in [0.25, 0.3) is 5.91 Å². The highest BCUT2D eigenvalue weighted by Crippen LogP contribution is 2.25. The van der Waals surface area contributed by atoms with Crippen LogP contribution in [0.2, 0.25) is 5.02 Å². The molecular formula is C16H21ClN2O4. The minimum Gasteiger partial charge on any atom is -0.496 e. The molecule has 2 amide bonds. The van der Waals surface area contributed by atoms with Crippen LogP contribution in [-0.2, 0) is 9.53 Å². The van der Waals surface area contributed by atoms with Crippen molar-refractivity contribution in [1.82, 2.24) is 10.2 Å². The van der Waals surface area contributed by atoms with Gasteiger partial charge in [0, 0.05) is 31.3 Å². The van der Waals surface area contributed by atoms with Crippen molar-refractivity contribution in [3.05, 3.63) is 28.8 Å². The van der Waals surface area contributed by atoms with Crippen LogP contribution in [-0.4, -0.2) is 56.7 Å². The van der Waals surface area contributed by atoms with Gasteiger partial charge in [0.05, 0.1) is 12.7 Å². The van der Waals surface area contributed by atoms with E-state index in [0.29, 0.717) is 42.3 Å². The molecule has 1 aromatic rings. The van der Waals surface area contributed by atoms with Gasteiger partial charge >= 0.3 is 0 Å². The molecule has 0 atom stereocenters. The fraction of sp³-hybridized carbons (Fsp3) is 0.500. The quantitative estimate of drug-likeness (QED) is 0.886. The maximum absolute atomic E-state index is 12.6. The van der Waals surface area contributed by atoms with Crippen LogP contribution in [0.3, 0.4) is 0 Å². The van der Waals surface area contributed by atoms with Gasteiger partial charge in [-0.2, -0.15) is 0 Å². The fourth-order valence-electron chi connectivity index (χ4n) is 2.65. The number of hydrogen-bond acceptors (Lipinski definition) is 4. The summed E-state index contributed by atoms with van der Waals surface area (Å²) in [5.74, 6) is 0.273. The van der Waals surface area contributed by atoms with Crippen molar-refractivity contribution in [3.63, 3.8) is 0 Å². The lowest BCUT2D eigenvalue weighted by Crippen LogP contribution is -2.47. The number of amides is 2. The highest BCUT2D eigenvalue weighted by Gasteiger charge is 2.26. The van der Waals surface area contributed by atoms with Crippen LogP contribution in [0.4, 0.5) is 0 Å². The van der Waals surface area contributed by atoms with Crippen molar-refractivity contribution in [1.29, 1.82) is 0 Å². The van der Waals surface area contributed by atoms with Gasteiger partial charge < -0.3 is 19.7 Å². The average Bonchev–Trinajstić information content (AvgIpc) is 2.55. The summed E-state index contributed by atoms with van der Waals surface area (Å²) in [7, 11) is 3.01. The minimum absolute atomic E-state index is 0.0544. The van der Waals surface area contributed by atoms with Crippen LogP contribution in [0.5, 0.6) is 5.75 Å². The molecule has 1 aromatic carbocycles. The van der Waals surface area contributed by atoms with Gasteiger partial charge in [-0.15, -0.1) is 0 Å². The molecule has 2 rings (SSSR count). The summed E-state index contributed by atoms with van der Waals surface area (Å²) in [6.07, 6.45) is 1.42. The summed E-state index contributed by atoms with van der Waals surface area (Å²) in [5.41, 5.74) is 0.460. The molecule has 0 bridgehead atoms. The molecule has 1 saturated heterocycles. The molecule has 0 aliphatic carbocycles. The first-order valence-corrected chi connectivity index (χ1v) is 7.84. The van der Waals surface area contributed by atoms with Gasteiger partial charge in [0.15, 0.2) is 0 Å². The van der Waals surface area contributed by atoms with Crippen molar-refractivity contribution in [2.24, 2.45) is 0 Å². The summed E-state index contributed by atoms with van der Waals surface area (Å²) in [6, 6.07) is 5.07. The summed E-state index contributed by atoms with van der Waals surface area (Å²) in [5, 5.41) is 3.40. The third-order valence-electron chi connectivity index (χ3n) is 3.81. The Morgan fingerprint density at radius 1 is 1.30 bits per heavy atom. The highest BCUT2D eigenvalue weighted by atomic mass is 35.5. The van der Waals surface area contributed by atoms with E-state index in [9.17, 15) is 9.59 Å². The molecule has 23 heavy (non-hydrogen) atoms. The summed E-state index contributed by atoms with van der Waals surface area (Å²) in [6.45, 7) is 1.21. The number of halogens is 1. The van der Waals surface area contributed by atoms with Crippen LogP contribution >= 0.6 is 11.6 Å². The fourth-order valence-corrected chi connectivity index (χ4v) is 2.82. The highest BCUT2D eigenvalue weighted by molar-refractivity contribution is 6.31. The van der Waals surface area contributed by atoms with E-state index in [1.54, 1.807) is 23.1 Å². The monoisotopic (exact) mass is 340 g/mol. The molecule has 0 radical (unpaired) electrons. The molecule has 1 aliphatic heterocycles. The average molecular weight is 341 g/mol. The molecule has 6 nitrogen and oxygen atoms in total. The van der Waals surface area contributed by atoms with Crippen molar-refractivity contribution >= 4 is 23.4 Å². The maximum atomic E-state index is 12.6. The van der Waals surface area contributed by atoms with Crippen molar-refractivity contribution in [2.75, 3.05) is 33.9 Å². The van der Waals surface area contributed by atoms with Crippen LogP contribution < -0.4 is 10.1 Å². The van der Waals surface area contributed by atoms with Gasteiger partial charge in [0.1, 0.15) is 12.4 Å². The lowest BCUT2D eigenvalue weighted by atomic mass is 10.0. The molecule has 1 aliphatic rings. The standard InChI is InChI=1S/C16H21ClN2O4/c1-22-10-15(20)18-12-5-7-19(8-6-12)16(21)13-9-11(17)3-4-14(13)23-2/h3-4,9,12H,5-8,10H2,1-2H3,(H,18,20). The van der Waals surface area contributed by atoms with E-state index in [0.717, 1.165) is 0 Å². The molecule has 0 saturated carbocycles. The number of benzene rings is 1. The predicted octanol–water partition coefficient (Wildman–Crippen LogP) is 1.72. The smallest absolute Gasteiger partial charge is 0.257 e. The summed E-state index contributed by atoms with van der Waals surface area (Å²) >= 11 is 5.98. The van der Waals surface area contributed by atoms with Gasteiger partial charge in [-0.1, -0.05) is 11.6 Å². The zero-order valence-corrected chi connectivity index (χ0v) is 14.1. The molecule has 7 heteroatoms. The number of nitrogens with one attached hydrogen (secondary N) is 1. The first-order valence-electron chi connectivity index (χ1n) is 7.46. The molecule has 1 heterocycles. The number of carbonyl (C=O) groups excluding carboxylic acids is 2. The Bertz CT molecular complexity index is 571. The number of methoxy groups -OCH3 is 2. The molecule has 126 valence electrons. The first kappa shape index (κ1) is 17.6. The lowest BCUT2D eigenvalue weighted by Gasteiger charge is -2.32. The molecule has 1 fully saturated rings. The Kier molecular flexibility index (Phi) is 6.24. The second-order valence-electron chi connectivity index (χ2n) is 5.41. The maximum Gasteiger partial charge on any atom is 0.257 e.